The smallest absolute Gasteiger partial charge is 0.425 e. The minimum absolute atomic E-state index is 0.0206. The second kappa shape index (κ2) is 17.1. The highest BCUT2D eigenvalue weighted by molar-refractivity contribution is 7.91. The van der Waals surface area contributed by atoms with Gasteiger partial charge in [-0.2, -0.15) is 10.2 Å². The standard InChI is InChI=1S/C40H45N5O10S/c1-9-56(51,52)32-15-13-30(22-28(32)23-41)44-36(48)53-19-17-25-10-11-27(20-24(25)2)33(35(46)47)43-29-12-14-31-26(21-29)16-18-42-34(31)45(37(49)54-39(3,4)5)38(50)55-40(6,7)8/h10-16,18,20-22,33,43H,9,17,19H2,1-8H3,(H,44,48)(H,46,47). The van der Waals surface area contributed by atoms with E-state index in [4.69, 9.17) is 14.2 Å². The van der Waals surface area contributed by atoms with Crippen LogP contribution in [0.4, 0.5) is 31.6 Å². The number of carboxylic acids is 1. The van der Waals surface area contributed by atoms with Crippen LogP contribution in [0.1, 0.15) is 76.8 Å². The number of hydrogen-bond acceptors (Lipinski definition) is 12. The Morgan fingerprint density at radius 2 is 1.55 bits per heavy atom. The first-order valence-electron chi connectivity index (χ1n) is 17.6. The predicted octanol–water partition coefficient (Wildman–Crippen LogP) is 7.91. The van der Waals surface area contributed by atoms with Crippen molar-refractivity contribution in [3.05, 3.63) is 89.1 Å². The topological polar surface area (TPSA) is 214 Å². The number of aliphatic carboxylic acids is 1. The van der Waals surface area contributed by atoms with Crippen molar-refractivity contribution in [1.29, 1.82) is 5.26 Å². The van der Waals surface area contributed by atoms with E-state index in [-0.39, 0.29) is 34.3 Å². The van der Waals surface area contributed by atoms with Crippen molar-refractivity contribution in [3.63, 3.8) is 0 Å². The van der Waals surface area contributed by atoms with E-state index in [0.29, 0.717) is 28.4 Å². The zero-order valence-electron chi connectivity index (χ0n) is 32.4. The molecule has 56 heavy (non-hydrogen) atoms. The number of ether oxygens (including phenoxy) is 3. The van der Waals surface area contributed by atoms with Gasteiger partial charge < -0.3 is 24.6 Å². The van der Waals surface area contributed by atoms with Crippen LogP contribution in [0.3, 0.4) is 0 Å². The molecular formula is C40H45N5O10S. The molecule has 1 atom stereocenters. The molecule has 0 saturated heterocycles. The summed E-state index contributed by atoms with van der Waals surface area (Å²) in [6.07, 6.45) is -1.02. The number of carbonyl (C=O) groups is 4. The SMILES string of the molecule is CCS(=O)(=O)c1ccc(NC(=O)OCCc2ccc(C(Nc3ccc4c(N(C(=O)OC(C)(C)C)C(=O)OC(C)(C)C)nccc4c3)C(=O)O)cc2C)cc1C#N. The largest absolute Gasteiger partial charge is 0.479 e. The second-order valence-electron chi connectivity index (χ2n) is 14.7. The van der Waals surface area contributed by atoms with Crippen LogP contribution in [-0.2, 0) is 35.3 Å². The van der Waals surface area contributed by atoms with Crippen LogP contribution >= 0.6 is 0 Å². The van der Waals surface area contributed by atoms with Gasteiger partial charge in [0.05, 0.1) is 22.8 Å². The summed E-state index contributed by atoms with van der Waals surface area (Å²) in [4.78, 5) is 56.5. The van der Waals surface area contributed by atoms with Crippen molar-refractivity contribution in [3.8, 4) is 6.07 Å². The van der Waals surface area contributed by atoms with Crippen LogP contribution in [0.2, 0.25) is 0 Å². The number of carboxylic acid groups (broad SMARTS) is 1. The number of amides is 3. The fraction of sp³-hybridized carbons (Fsp3) is 0.350. The Labute approximate surface area is 325 Å². The summed E-state index contributed by atoms with van der Waals surface area (Å²) in [6, 6.07) is 16.2. The third-order valence-electron chi connectivity index (χ3n) is 8.03. The Morgan fingerprint density at radius 1 is 0.911 bits per heavy atom. The fourth-order valence-electron chi connectivity index (χ4n) is 5.46. The van der Waals surface area contributed by atoms with Crippen molar-refractivity contribution in [2.75, 3.05) is 27.9 Å². The fourth-order valence-corrected chi connectivity index (χ4v) is 6.48. The van der Waals surface area contributed by atoms with E-state index in [1.165, 1.54) is 31.3 Å². The molecule has 1 heterocycles. The van der Waals surface area contributed by atoms with Gasteiger partial charge in [0.2, 0.25) is 0 Å². The van der Waals surface area contributed by atoms with Gasteiger partial charge in [0, 0.05) is 29.4 Å². The van der Waals surface area contributed by atoms with E-state index in [0.717, 1.165) is 16.0 Å². The molecule has 1 unspecified atom stereocenters. The first kappa shape index (κ1) is 42.5. The molecular weight excluding hydrogens is 743 g/mol. The van der Waals surface area contributed by atoms with Gasteiger partial charge in [-0.05, 0) is 113 Å². The van der Waals surface area contributed by atoms with Crippen LogP contribution in [0.15, 0.2) is 71.8 Å². The predicted molar refractivity (Wildman–Crippen MR) is 209 cm³/mol. The number of nitrogens with one attached hydrogen (secondary N) is 2. The maximum Gasteiger partial charge on any atom is 0.425 e. The number of pyridine rings is 1. The monoisotopic (exact) mass is 787 g/mol. The zero-order valence-corrected chi connectivity index (χ0v) is 33.2. The molecule has 0 aliphatic carbocycles. The summed E-state index contributed by atoms with van der Waals surface area (Å²) in [5.41, 5.74) is 0.709. The molecule has 0 spiro atoms. The molecule has 15 nitrogen and oxygen atoms in total. The summed E-state index contributed by atoms with van der Waals surface area (Å²) in [6.45, 7) is 13.3. The number of aromatic nitrogens is 1. The van der Waals surface area contributed by atoms with Crippen molar-refractivity contribution in [2.24, 2.45) is 0 Å². The van der Waals surface area contributed by atoms with E-state index < -0.39 is 51.3 Å². The third-order valence-corrected chi connectivity index (χ3v) is 9.82. The Hall–Kier alpha value is -6.21. The summed E-state index contributed by atoms with van der Waals surface area (Å²) in [7, 11) is -3.62. The maximum atomic E-state index is 13.3. The molecule has 4 rings (SSSR count). The number of aryl methyl sites for hydroxylation is 1. The molecule has 3 N–H and O–H groups in total. The average molecular weight is 788 g/mol. The normalized spacial score (nSPS) is 12.2. The zero-order chi connectivity index (χ0) is 41.6. The molecule has 3 amide bonds. The van der Waals surface area contributed by atoms with Crippen LogP contribution in [-0.4, -0.2) is 66.3 Å². The minimum atomic E-state index is -3.62. The summed E-state index contributed by atoms with van der Waals surface area (Å²) in [5, 5.41) is 26.1. The van der Waals surface area contributed by atoms with Gasteiger partial charge in [-0.1, -0.05) is 25.1 Å². The molecule has 3 aromatic carbocycles. The number of hydrogen-bond donors (Lipinski definition) is 3. The number of rotatable bonds is 11. The highest BCUT2D eigenvalue weighted by atomic mass is 32.2. The van der Waals surface area contributed by atoms with Gasteiger partial charge in [0.15, 0.2) is 21.7 Å². The van der Waals surface area contributed by atoms with Crippen molar-refractivity contribution in [2.45, 2.75) is 84.0 Å². The van der Waals surface area contributed by atoms with E-state index in [1.807, 2.05) is 6.07 Å². The summed E-state index contributed by atoms with van der Waals surface area (Å²) < 4.78 is 40.8. The van der Waals surface area contributed by atoms with Crippen LogP contribution in [0.5, 0.6) is 0 Å². The minimum Gasteiger partial charge on any atom is -0.479 e. The number of carbonyl (C=O) groups excluding carboxylic acids is 3. The number of fused-ring (bicyclic) bond motifs is 1. The Bertz CT molecular complexity index is 2280. The Balaban J connectivity index is 1.48. The molecule has 0 radical (unpaired) electrons. The first-order valence-corrected chi connectivity index (χ1v) is 19.2. The van der Waals surface area contributed by atoms with Gasteiger partial charge >= 0.3 is 24.2 Å². The van der Waals surface area contributed by atoms with Gasteiger partial charge in [0.25, 0.3) is 0 Å². The van der Waals surface area contributed by atoms with Gasteiger partial charge in [-0.25, -0.2) is 32.6 Å². The lowest BCUT2D eigenvalue weighted by Gasteiger charge is -2.28. The number of nitriles is 1. The molecule has 0 bridgehead atoms. The number of nitrogens with zero attached hydrogens (tertiary/aromatic N) is 3. The van der Waals surface area contributed by atoms with Crippen LogP contribution < -0.4 is 15.5 Å². The second-order valence-corrected chi connectivity index (χ2v) is 17.0. The lowest BCUT2D eigenvalue weighted by atomic mass is 9.98. The lowest BCUT2D eigenvalue weighted by Crippen LogP contribution is -2.44. The highest BCUT2D eigenvalue weighted by Crippen LogP contribution is 2.31. The molecule has 0 aliphatic rings. The quantitative estimate of drug-likeness (QED) is 0.123. The highest BCUT2D eigenvalue weighted by Gasteiger charge is 2.34. The summed E-state index contributed by atoms with van der Waals surface area (Å²) >= 11 is 0. The van der Waals surface area contributed by atoms with Gasteiger partial charge in [-0.3, -0.25) is 5.32 Å². The molecule has 16 heteroatoms. The molecule has 296 valence electrons. The van der Waals surface area contributed by atoms with E-state index in [9.17, 15) is 38.0 Å². The Morgan fingerprint density at radius 3 is 2.12 bits per heavy atom. The van der Waals surface area contributed by atoms with Gasteiger partial charge in [0.1, 0.15) is 17.3 Å². The number of anilines is 3. The number of imide groups is 1. The lowest BCUT2D eigenvalue weighted by molar-refractivity contribution is -0.138. The Kier molecular flexibility index (Phi) is 13.0. The number of benzene rings is 3. The first-order chi connectivity index (χ1) is 26.1. The van der Waals surface area contributed by atoms with E-state index >= 15 is 0 Å². The van der Waals surface area contributed by atoms with E-state index in [2.05, 4.69) is 15.6 Å². The van der Waals surface area contributed by atoms with Crippen LogP contribution in [0.25, 0.3) is 10.8 Å². The summed E-state index contributed by atoms with van der Waals surface area (Å²) in [5.74, 6) is -1.34. The van der Waals surface area contributed by atoms with Gasteiger partial charge in [-0.15, -0.1) is 0 Å². The molecule has 0 saturated carbocycles. The van der Waals surface area contributed by atoms with E-state index in [1.54, 1.807) is 90.9 Å². The van der Waals surface area contributed by atoms with Crippen molar-refractivity contribution >= 4 is 62.1 Å². The molecule has 0 aliphatic heterocycles. The molecule has 1 aromatic heterocycles. The average Bonchev–Trinajstić information content (AvgIpc) is 3.09. The third kappa shape index (κ3) is 10.9. The van der Waals surface area contributed by atoms with Crippen molar-refractivity contribution in [1.82, 2.24) is 4.98 Å². The number of sulfone groups is 1. The van der Waals surface area contributed by atoms with Crippen LogP contribution in [0, 0.1) is 18.3 Å². The van der Waals surface area contributed by atoms with Crippen molar-refractivity contribution < 1.29 is 46.9 Å². The molecule has 4 aromatic rings. The molecule has 0 fully saturated rings. The maximum absolute atomic E-state index is 13.3.